The van der Waals surface area contributed by atoms with Crippen LogP contribution in [0.4, 0.5) is 0 Å². The van der Waals surface area contributed by atoms with Gasteiger partial charge in [0.15, 0.2) is 0 Å². The molecular weight excluding hydrogens is 136 g/mol. The summed E-state index contributed by atoms with van der Waals surface area (Å²) in [6.45, 7) is 6.91. The molecule has 0 aromatic rings. The zero-order valence-electron chi connectivity index (χ0n) is 7.67. The lowest BCUT2D eigenvalue weighted by atomic mass is 9.86. The van der Waals surface area contributed by atoms with Crippen molar-refractivity contribution in [1.82, 2.24) is 0 Å². The largest absolute Gasteiger partial charge is 0.396 e. The molecule has 11 heavy (non-hydrogen) atoms. The number of rotatable bonds is 3. The SMILES string of the molecule is C/C=C/C(C)(C)C1CC1CO. The third kappa shape index (κ3) is 1.84. The summed E-state index contributed by atoms with van der Waals surface area (Å²) in [6.07, 6.45) is 5.55. The van der Waals surface area contributed by atoms with Crippen molar-refractivity contribution in [1.29, 1.82) is 0 Å². The van der Waals surface area contributed by atoms with Crippen LogP contribution in [0.5, 0.6) is 0 Å². The molecule has 0 heterocycles. The lowest BCUT2D eigenvalue weighted by Crippen LogP contribution is -2.12. The van der Waals surface area contributed by atoms with Crippen molar-refractivity contribution in [2.45, 2.75) is 27.2 Å². The standard InChI is InChI=1S/C10H18O/c1-4-5-10(2,3)9-6-8(9)7-11/h4-5,8-9,11H,6-7H2,1-3H3/b5-4+. The summed E-state index contributed by atoms with van der Waals surface area (Å²) in [5, 5.41) is 8.88. The molecule has 1 aliphatic carbocycles. The van der Waals surface area contributed by atoms with E-state index in [1.165, 1.54) is 6.42 Å². The van der Waals surface area contributed by atoms with Crippen LogP contribution in [0, 0.1) is 17.3 Å². The van der Waals surface area contributed by atoms with Gasteiger partial charge < -0.3 is 5.11 Å². The summed E-state index contributed by atoms with van der Waals surface area (Å²) >= 11 is 0. The highest BCUT2D eigenvalue weighted by atomic mass is 16.3. The van der Waals surface area contributed by atoms with Crippen LogP contribution in [-0.2, 0) is 0 Å². The molecule has 64 valence electrons. The Bertz CT molecular complexity index is 158. The smallest absolute Gasteiger partial charge is 0.0462 e. The Balaban J connectivity index is 2.47. The third-order valence-electron chi connectivity index (χ3n) is 2.71. The minimum absolute atomic E-state index is 0.294. The molecular formula is C10H18O. The van der Waals surface area contributed by atoms with Gasteiger partial charge in [-0.1, -0.05) is 26.0 Å². The molecule has 0 radical (unpaired) electrons. The third-order valence-corrected chi connectivity index (χ3v) is 2.71. The molecule has 1 aliphatic rings. The van der Waals surface area contributed by atoms with Gasteiger partial charge in [0.1, 0.15) is 0 Å². The quantitative estimate of drug-likeness (QED) is 0.618. The van der Waals surface area contributed by atoms with Gasteiger partial charge in [-0.2, -0.15) is 0 Å². The Labute approximate surface area is 69.1 Å². The maximum atomic E-state index is 8.88. The van der Waals surface area contributed by atoms with Crippen LogP contribution >= 0.6 is 0 Å². The fraction of sp³-hybridized carbons (Fsp3) is 0.800. The highest BCUT2D eigenvalue weighted by Gasteiger charge is 2.45. The highest BCUT2D eigenvalue weighted by molar-refractivity contribution is 5.05. The molecule has 1 heteroatoms. The number of aliphatic hydroxyl groups is 1. The molecule has 0 spiro atoms. The molecule has 0 amide bonds. The van der Waals surface area contributed by atoms with Gasteiger partial charge in [0.2, 0.25) is 0 Å². The molecule has 1 N–H and O–H groups in total. The second-order valence-electron chi connectivity index (χ2n) is 4.11. The molecule has 0 bridgehead atoms. The van der Waals surface area contributed by atoms with Crippen molar-refractivity contribution >= 4 is 0 Å². The van der Waals surface area contributed by atoms with Gasteiger partial charge in [0.05, 0.1) is 0 Å². The first-order valence-electron chi connectivity index (χ1n) is 4.36. The number of hydrogen-bond acceptors (Lipinski definition) is 1. The van der Waals surface area contributed by atoms with Crippen LogP contribution in [0.15, 0.2) is 12.2 Å². The Morgan fingerprint density at radius 2 is 2.18 bits per heavy atom. The molecule has 0 aromatic heterocycles. The van der Waals surface area contributed by atoms with E-state index in [1.807, 2.05) is 0 Å². The van der Waals surface area contributed by atoms with E-state index in [9.17, 15) is 0 Å². The fourth-order valence-electron chi connectivity index (χ4n) is 1.91. The van der Waals surface area contributed by atoms with Crippen LogP contribution < -0.4 is 0 Å². The van der Waals surface area contributed by atoms with E-state index in [1.54, 1.807) is 0 Å². The van der Waals surface area contributed by atoms with Crippen molar-refractivity contribution in [2.75, 3.05) is 6.61 Å². The van der Waals surface area contributed by atoms with Crippen molar-refractivity contribution in [3.8, 4) is 0 Å². The van der Waals surface area contributed by atoms with Crippen LogP contribution in [0.25, 0.3) is 0 Å². The average Bonchev–Trinajstić information content (AvgIpc) is 2.65. The highest BCUT2D eigenvalue weighted by Crippen LogP contribution is 2.51. The topological polar surface area (TPSA) is 20.2 Å². The van der Waals surface area contributed by atoms with E-state index in [4.69, 9.17) is 5.11 Å². The van der Waals surface area contributed by atoms with E-state index in [0.717, 1.165) is 0 Å². The van der Waals surface area contributed by atoms with Crippen molar-refractivity contribution < 1.29 is 5.11 Å². The first kappa shape index (κ1) is 8.79. The molecule has 0 saturated heterocycles. The molecule has 1 rings (SSSR count). The first-order chi connectivity index (χ1) is 5.11. The first-order valence-corrected chi connectivity index (χ1v) is 4.36. The average molecular weight is 154 g/mol. The maximum Gasteiger partial charge on any atom is 0.0462 e. The predicted octanol–water partition coefficient (Wildman–Crippen LogP) is 2.22. The van der Waals surface area contributed by atoms with Crippen molar-refractivity contribution in [3.05, 3.63) is 12.2 Å². The monoisotopic (exact) mass is 154 g/mol. The van der Waals surface area contributed by atoms with Gasteiger partial charge in [-0.05, 0) is 30.6 Å². The number of hydrogen-bond donors (Lipinski definition) is 1. The van der Waals surface area contributed by atoms with Gasteiger partial charge in [-0.15, -0.1) is 0 Å². The molecule has 2 atom stereocenters. The van der Waals surface area contributed by atoms with Crippen molar-refractivity contribution in [2.24, 2.45) is 17.3 Å². The summed E-state index contributed by atoms with van der Waals surface area (Å²) in [7, 11) is 0. The molecule has 0 aliphatic heterocycles. The predicted molar refractivity (Wildman–Crippen MR) is 47.3 cm³/mol. The van der Waals surface area contributed by atoms with Gasteiger partial charge in [-0.25, -0.2) is 0 Å². The molecule has 1 nitrogen and oxygen atoms in total. The number of aliphatic hydroxyl groups excluding tert-OH is 1. The van der Waals surface area contributed by atoms with E-state index >= 15 is 0 Å². The lowest BCUT2D eigenvalue weighted by Gasteiger charge is -2.19. The Morgan fingerprint density at radius 3 is 2.55 bits per heavy atom. The van der Waals surface area contributed by atoms with Crippen LogP contribution in [-0.4, -0.2) is 11.7 Å². The zero-order valence-corrected chi connectivity index (χ0v) is 7.67. The minimum Gasteiger partial charge on any atom is -0.396 e. The van der Waals surface area contributed by atoms with E-state index < -0.39 is 0 Å². The van der Waals surface area contributed by atoms with Crippen LogP contribution in [0.1, 0.15) is 27.2 Å². The van der Waals surface area contributed by atoms with E-state index in [2.05, 4.69) is 32.9 Å². The van der Waals surface area contributed by atoms with Gasteiger partial charge >= 0.3 is 0 Å². The molecule has 0 aromatic carbocycles. The summed E-state index contributed by atoms with van der Waals surface area (Å²) in [5.41, 5.74) is 0.294. The van der Waals surface area contributed by atoms with E-state index in [-0.39, 0.29) is 0 Å². The van der Waals surface area contributed by atoms with E-state index in [0.29, 0.717) is 23.9 Å². The van der Waals surface area contributed by atoms with Crippen LogP contribution in [0.2, 0.25) is 0 Å². The summed E-state index contributed by atoms with van der Waals surface area (Å²) < 4.78 is 0. The second-order valence-corrected chi connectivity index (χ2v) is 4.11. The summed E-state index contributed by atoms with van der Waals surface area (Å²) in [5.74, 6) is 1.28. The molecule has 2 unspecified atom stereocenters. The minimum atomic E-state index is 0.294. The Hall–Kier alpha value is -0.300. The second kappa shape index (κ2) is 2.98. The molecule has 1 saturated carbocycles. The van der Waals surface area contributed by atoms with Gasteiger partial charge in [0, 0.05) is 6.61 Å². The summed E-state index contributed by atoms with van der Waals surface area (Å²) in [4.78, 5) is 0. The Kier molecular flexibility index (Phi) is 2.38. The van der Waals surface area contributed by atoms with Gasteiger partial charge in [-0.3, -0.25) is 0 Å². The lowest BCUT2D eigenvalue weighted by molar-refractivity contribution is 0.249. The van der Waals surface area contributed by atoms with Gasteiger partial charge in [0.25, 0.3) is 0 Å². The summed E-state index contributed by atoms with van der Waals surface area (Å²) in [6, 6.07) is 0. The molecule has 1 fully saturated rings. The van der Waals surface area contributed by atoms with Crippen LogP contribution in [0.3, 0.4) is 0 Å². The van der Waals surface area contributed by atoms with Crippen molar-refractivity contribution in [3.63, 3.8) is 0 Å². The fourth-order valence-corrected chi connectivity index (χ4v) is 1.91. The maximum absolute atomic E-state index is 8.88. The number of allylic oxidation sites excluding steroid dienone is 2. The zero-order chi connectivity index (χ0) is 8.48. The normalized spacial score (nSPS) is 31.3. The Morgan fingerprint density at radius 1 is 1.55 bits per heavy atom.